The highest BCUT2D eigenvalue weighted by Crippen LogP contribution is 2.23. The number of benzene rings is 1. The van der Waals surface area contributed by atoms with Gasteiger partial charge in [-0.3, -0.25) is 0 Å². The molecule has 0 aliphatic carbocycles. The molecule has 0 heterocycles. The average molecular weight is 273 g/mol. The van der Waals surface area contributed by atoms with Gasteiger partial charge in [0.05, 0.1) is 6.10 Å². The number of hydrogen-bond donors (Lipinski definition) is 2. The summed E-state index contributed by atoms with van der Waals surface area (Å²) >= 11 is 0. The number of aliphatic hydroxyl groups is 1. The normalized spacial score (nSPS) is 13.4. The van der Waals surface area contributed by atoms with Gasteiger partial charge < -0.3 is 15.2 Å². The fourth-order valence-electron chi connectivity index (χ4n) is 1.42. The summed E-state index contributed by atoms with van der Waals surface area (Å²) in [5, 5.41) is 12.2. The Morgan fingerprint density at radius 1 is 1.26 bits per heavy atom. The first-order chi connectivity index (χ1) is 8.69. The third kappa shape index (κ3) is 5.53. The van der Waals surface area contributed by atoms with Crippen molar-refractivity contribution in [3.8, 4) is 5.75 Å². The Labute approximate surface area is 112 Å². The average Bonchev–Trinajstić information content (AvgIpc) is 2.23. The van der Waals surface area contributed by atoms with E-state index in [4.69, 9.17) is 9.84 Å². The minimum atomic E-state index is -0.777. The van der Waals surface area contributed by atoms with Gasteiger partial charge in [-0.1, -0.05) is 0 Å². The predicted octanol–water partition coefficient (Wildman–Crippen LogP) is 2.61. The molecular weight excluding hydrogens is 252 g/mol. The van der Waals surface area contributed by atoms with Crippen LogP contribution in [0.3, 0.4) is 0 Å². The van der Waals surface area contributed by atoms with Gasteiger partial charge in [0.25, 0.3) is 0 Å². The van der Waals surface area contributed by atoms with Crippen molar-refractivity contribution in [3.63, 3.8) is 0 Å². The minimum absolute atomic E-state index is 0.131. The molecule has 0 radical (unpaired) electrons. The first kappa shape index (κ1) is 15.9. The summed E-state index contributed by atoms with van der Waals surface area (Å²) in [7, 11) is 0. The molecule has 0 saturated carbocycles. The molecular formula is C14H21F2NO2. The molecule has 19 heavy (non-hydrogen) atoms. The van der Waals surface area contributed by atoms with Gasteiger partial charge >= 0.3 is 0 Å². The van der Waals surface area contributed by atoms with Crippen LogP contribution in [0.2, 0.25) is 0 Å². The van der Waals surface area contributed by atoms with Crippen LogP contribution in [0.1, 0.15) is 33.3 Å². The number of halogens is 2. The highest BCUT2D eigenvalue weighted by molar-refractivity contribution is 5.31. The van der Waals surface area contributed by atoms with Crippen LogP contribution in [-0.2, 0) is 6.54 Å². The molecule has 2 N–H and O–H groups in total. The smallest absolute Gasteiger partial charge is 0.190 e. The summed E-state index contributed by atoms with van der Waals surface area (Å²) in [5.41, 5.74) is 0.378. The van der Waals surface area contributed by atoms with Crippen LogP contribution in [0.5, 0.6) is 5.75 Å². The van der Waals surface area contributed by atoms with E-state index < -0.39 is 23.5 Å². The van der Waals surface area contributed by atoms with Crippen LogP contribution >= 0.6 is 0 Å². The lowest BCUT2D eigenvalue weighted by molar-refractivity contribution is 0.117. The molecule has 0 aliphatic heterocycles. The van der Waals surface area contributed by atoms with Gasteiger partial charge in [-0.15, -0.1) is 0 Å². The number of ether oxygens (including phenoxy) is 1. The second kappa shape index (κ2) is 6.30. The minimum Gasteiger partial charge on any atom is -0.485 e. The highest BCUT2D eigenvalue weighted by Gasteiger charge is 2.15. The van der Waals surface area contributed by atoms with Crippen molar-refractivity contribution < 1.29 is 18.6 Å². The molecule has 0 aliphatic rings. The molecule has 3 nitrogen and oxygen atoms in total. The standard InChI is InChI=1S/C14H21F2NO2/c1-9(18)8-19-13-11(15)5-10(6-12(13)16)7-17-14(2,3)4/h5-6,9,17-18H,7-8H2,1-4H3. The van der Waals surface area contributed by atoms with Gasteiger partial charge in [-0.05, 0) is 45.4 Å². The van der Waals surface area contributed by atoms with Gasteiger partial charge in [0.1, 0.15) is 6.61 Å². The maximum atomic E-state index is 13.7. The molecule has 1 aromatic rings. The molecule has 0 bridgehead atoms. The second-order valence-electron chi connectivity index (χ2n) is 5.65. The number of aliphatic hydroxyl groups excluding tert-OH is 1. The van der Waals surface area contributed by atoms with E-state index in [1.54, 1.807) is 0 Å². The molecule has 1 atom stereocenters. The van der Waals surface area contributed by atoms with E-state index >= 15 is 0 Å². The summed E-state index contributed by atoms with van der Waals surface area (Å²) in [6.07, 6.45) is -0.777. The van der Waals surface area contributed by atoms with E-state index in [9.17, 15) is 8.78 Å². The summed E-state index contributed by atoms with van der Waals surface area (Å²) in [5.74, 6) is -1.96. The van der Waals surface area contributed by atoms with Crippen LogP contribution in [0.25, 0.3) is 0 Å². The lowest BCUT2D eigenvalue weighted by atomic mass is 10.1. The Morgan fingerprint density at radius 2 is 1.79 bits per heavy atom. The predicted molar refractivity (Wildman–Crippen MR) is 70.1 cm³/mol. The molecule has 0 amide bonds. The first-order valence-corrected chi connectivity index (χ1v) is 6.23. The van der Waals surface area contributed by atoms with Crippen LogP contribution < -0.4 is 10.1 Å². The Balaban J connectivity index is 2.79. The van der Waals surface area contributed by atoms with Crippen molar-refractivity contribution in [2.24, 2.45) is 0 Å². The van der Waals surface area contributed by atoms with Gasteiger partial charge in [-0.25, -0.2) is 8.78 Å². The molecule has 1 rings (SSSR count). The van der Waals surface area contributed by atoms with Crippen LogP contribution in [0.15, 0.2) is 12.1 Å². The summed E-state index contributed by atoms with van der Waals surface area (Å²) in [6, 6.07) is 2.47. The maximum absolute atomic E-state index is 13.7. The van der Waals surface area contributed by atoms with Crippen molar-refractivity contribution in [2.45, 2.75) is 45.9 Å². The number of nitrogens with one attached hydrogen (secondary N) is 1. The van der Waals surface area contributed by atoms with Crippen LogP contribution in [0.4, 0.5) is 8.78 Å². The van der Waals surface area contributed by atoms with Crippen molar-refractivity contribution in [3.05, 3.63) is 29.3 Å². The number of rotatable bonds is 5. The van der Waals surface area contributed by atoms with Gasteiger partial charge in [0, 0.05) is 12.1 Å². The topological polar surface area (TPSA) is 41.5 Å². The summed E-state index contributed by atoms with van der Waals surface area (Å²) < 4.78 is 32.3. The first-order valence-electron chi connectivity index (χ1n) is 6.23. The summed E-state index contributed by atoms with van der Waals surface area (Å²) in [6.45, 7) is 7.62. The second-order valence-corrected chi connectivity index (χ2v) is 5.65. The highest BCUT2D eigenvalue weighted by atomic mass is 19.1. The van der Waals surface area contributed by atoms with Crippen molar-refractivity contribution in [1.82, 2.24) is 5.32 Å². The summed E-state index contributed by atoms with van der Waals surface area (Å²) in [4.78, 5) is 0. The van der Waals surface area contributed by atoms with Crippen LogP contribution in [0, 0.1) is 11.6 Å². The van der Waals surface area contributed by atoms with E-state index in [0.29, 0.717) is 12.1 Å². The van der Waals surface area contributed by atoms with E-state index in [0.717, 1.165) is 0 Å². The van der Waals surface area contributed by atoms with Gasteiger partial charge in [0.2, 0.25) is 0 Å². The number of hydrogen-bond acceptors (Lipinski definition) is 3. The fourth-order valence-corrected chi connectivity index (χ4v) is 1.42. The fraction of sp³-hybridized carbons (Fsp3) is 0.571. The lowest BCUT2D eigenvalue weighted by Gasteiger charge is -2.21. The third-order valence-electron chi connectivity index (χ3n) is 2.35. The Morgan fingerprint density at radius 3 is 2.21 bits per heavy atom. The Bertz CT molecular complexity index is 405. The zero-order valence-electron chi connectivity index (χ0n) is 11.8. The van der Waals surface area contributed by atoms with E-state index in [1.807, 2.05) is 20.8 Å². The van der Waals surface area contributed by atoms with Gasteiger partial charge in [0.15, 0.2) is 17.4 Å². The third-order valence-corrected chi connectivity index (χ3v) is 2.35. The monoisotopic (exact) mass is 273 g/mol. The largest absolute Gasteiger partial charge is 0.485 e. The van der Waals surface area contributed by atoms with E-state index in [-0.39, 0.29) is 12.1 Å². The molecule has 0 saturated heterocycles. The zero-order chi connectivity index (χ0) is 14.6. The van der Waals surface area contributed by atoms with E-state index in [2.05, 4.69) is 5.32 Å². The van der Waals surface area contributed by atoms with Gasteiger partial charge in [-0.2, -0.15) is 0 Å². The zero-order valence-corrected chi connectivity index (χ0v) is 11.8. The Kier molecular flexibility index (Phi) is 5.26. The molecule has 0 spiro atoms. The maximum Gasteiger partial charge on any atom is 0.190 e. The van der Waals surface area contributed by atoms with E-state index in [1.165, 1.54) is 19.1 Å². The molecule has 108 valence electrons. The van der Waals surface area contributed by atoms with Crippen molar-refractivity contribution in [2.75, 3.05) is 6.61 Å². The van der Waals surface area contributed by atoms with Crippen LogP contribution in [-0.4, -0.2) is 23.4 Å². The quantitative estimate of drug-likeness (QED) is 0.866. The molecule has 0 fully saturated rings. The van der Waals surface area contributed by atoms with Crippen molar-refractivity contribution >= 4 is 0 Å². The molecule has 0 aromatic heterocycles. The molecule has 1 unspecified atom stereocenters. The lowest BCUT2D eigenvalue weighted by Crippen LogP contribution is -2.35. The van der Waals surface area contributed by atoms with Crippen molar-refractivity contribution in [1.29, 1.82) is 0 Å². The molecule has 1 aromatic carbocycles. The SMILES string of the molecule is CC(O)COc1c(F)cc(CNC(C)(C)C)cc1F. The Hall–Kier alpha value is -1.20. The molecule has 5 heteroatoms.